The summed E-state index contributed by atoms with van der Waals surface area (Å²) < 4.78 is 1.73. The van der Waals surface area contributed by atoms with Gasteiger partial charge in [-0.2, -0.15) is 5.10 Å². The molecule has 0 saturated carbocycles. The highest BCUT2D eigenvalue weighted by molar-refractivity contribution is 7.15. The Morgan fingerprint density at radius 3 is 2.86 bits per heavy atom. The smallest absolute Gasteiger partial charge is 0.137 e. The van der Waals surface area contributed by atoms with E-state index in [1.807, 2.05) is 0 Å². The molecule has 0 spiro atoms. The minimum absolute atomic E-state index is 0.819. The van der Waals surface area contributed by atoms with Crippen LogP contribution in [0.2, 0.25) is 0 Å². The molecular formula is C3H6N3P. The van der Waals surface area contributed by atoms with Crippen molar-refractivity contribution < 1.29 is 0 Å². The van der Waals surface area contributed by atoms with Crippen LogP contribution in [0.4, 0.5) is 0 Å². The van der Waals surface area contributed by atoms with Gasteiger partial charge in [-0.3, -0.25) is 0 Å². The van der Waals surface area contributed by atoms with Crippen LogP contribution < -0.4 is 0 Å². The van der Waals surface area contributed by atoms with Crippen molar-refractivity contribution in [1.82, 2.24) is 14.8 Å². The number of aromatic nitrogens is 3. The third kappa shape index (κ3) is 0.967. The molecule has 7 heavy (non-hydrogen) atoms. The molecular weight excluding hydrogens is 109 g/mol. The fourth-order valence-corrected chi connectivity index (χ4v) is 0.516. The van der Waals surface area contributed by atoms with Gasteiger partial charge in [0.1, 0.15) is 12.7 Å². The van der Waals surface area contributed by atoms with Crippen LogP contribution in [0.3, 0.4) is 0 Å². The minimum Gasteiger partial charge on any atom is -0.249 e. The molecule has 0 radical (unpaired) electrons. The molecule has 1 aromatic heterocycles. The monoisotopic (exact) mass is 115 g/mol. The van der Waals surface area contributed by atoms with Crippen LogP contribution in [-0.4, -0.2) is 14.8 Å². The predicted molar refractivity (Wildman–Crippen MR) is 29.7 cm³/mol. The largest absolute Gasteiger partial charge is 0.249 e. The van der Waals surface area contributed by atoms with E-state index in [2.05, 4.69) is 19.3 Å². The molecule has 1 rings (SSSR count). The minimum atomic E-state index is 0.819. The van der Waals surface area contributed by atoms with E-state index in [1.165, 1.54) is 6.33 Å². The summed E-state index contributed by atoms with van der Waals surface area (Å²) in [4.78, 5) is 3.73. The molecule has 0 aliphatic heterocycles. The Hall–Kier alpha value is -0.430. The summed E-state index contributed by atoms with van der Waals surface area (Å²) in [6.45, 7) is 0. The van der Waals surface area contributed by atoms with Crippen LogP contribution in [0.1, 0.15) is 0 Å². The van der Waals surface area contributed by atoms with E-state index >= 15 is 0 Å². The molecule has 0 N–H and O–H groups in total. The first-order chi connectivity index (χ1) is 3.43. The van der Waals surface area contributed by atoms with Crippen molar-refractivity contribution in [2.45, 2.75) is 6.29 Å². The standard InChI is InChI=1S/C3H6N3P/c7-3-6-2-4-1-5-6/h1-2H,3,7H2. The van der Waals surface area contributed by atoms with E-state index in [-0.39, 0.29) is 0 Å². The van der Waals surface area contributed by atoms with Crippen molar-refractivity contribution in [3.8, 4) is 0 Å². The summed E-state index contributed by atoms with van der Waals surface area (Å²) in [5.41, 5.74) is 0. The van der Waals surface area contributed by atoms with Gasteiger partial charge < -0.3 is 0 Å². The molecule has 0 bridgehead atoms. The summed E-state index contributed by atoms with van der Waals surface area (Å²) in [5, 5.41) is 3.82. The van der Waals surface area contributed by atoms with Crippen molar-refractivity contribution in [1.29, 1.82) is 0 Å². The highest BCUT2D eigenvalue weighted by Crippen LogP contribution is 1.85. The third-order valence-corrected chi connectivity index (χ3v) is 1.03. The highest BCUT2D eigenvalue weighted by atomic mass is 31.0. The molecule has 1 unspecified atom stereocenters. The van der Waals surface area contributed by atoms with Gasteiger partial charge in [0, 0.05) is 0 Å². The number of nitrogens with zero attached hydrogens (tertiary/aromatic N) is 3. The molecule has 1 heterocycles. The fourth-order valence-electron chi connectivity index (χ4n) is 0.327. The Labute approximate surface area is 44.0 Å². The zero-order valence-electron chi connectivity index (χ0n) is 3.78. The lowest BCUT2D eigenvalue weighted by Gasteiger charge is -1.85. The maximum Gasteiger partial charge on any atom is 0.137 e. The second-order valence-corrected chi connectivity index (χ2v) is 1.48. The summed E-state index contributed by atoms with van der Waals surface area (Å²) in [5.74, 6) is 0. The average Bonchev–Trinajstić information content (AvgIpc) is 2.14. The van der Waals surface area contributed by atoms with E-state index in [1.54, 1.807) is 11.0 Å². The molecule has 0 fully saturated rings. The van der Waals surface area contributed by atoms with Gasteiger partial charge in [-0.1, -0.05) is 0 Å². The Morgan fingerprint density at radius 1 is 1.71 bits per heavy atom. The van der Waals surface area contributed by atoms with Crippen LogP contribution in [-0.2, 0) is 6.29 Å². The van der Waals surface area contributed by atoms with Gasteiger partial charge >= 0.3 is 0 Å². The van der Waals surface area contributed by atoms with Crippen LogP contribution in [0.15, 0.2) is 12.7 Å². The Balaban J connectivity index is 2.76. The molecule has 1 aromatic rings. The van der Waals surface area contributed by atoms with Gasteiger partial charge in [0.15, 0.2) is 0 Å². The zero-order chi connectivity index (χ0) is 5.11. The summed E-state index contributed by atoms with van der Waals surface area (Å²) in [7, 11) is 2.54. The van der Waals surface area contributed by atoms with E-state index in [0.717, 1.165) is 6.29 Å². The predicted octanol–water partition coefficient (Wildman–Crippen LogP) is 0.111. The van der Waals surface area contributed by atoms with Gasteiger partial charge in [-0.15, -0.1) is 9.24 Å². The Kier molecular flexibility index (Phi) is 1.37. The second kappa shape index (κ2) is 2.03. The SMILES string of the molecule is PCn1cncn1. The maximum absolute atomic E-state index is 3.82. The number of hydrogen-bond acceptors (Lipinski definition) is 2. The fraction of sp³-hybridized carbons (Fsp3) is 0.333. The summed E-state index contributed by atoms with van der Waals surface area (Å²) in [6, 6.07) is 0. The highest BCUT2D eigenvalue weighted by Gasteiger charge is 1.78. The first-order valence-electron chi connectivity index (χ1n) is 1.96. The molecule has 38 valence electrons. The van der Waals surface area contributed by atoms with E-state index < -0.39 is 0 Å². The zero-order valence-corrected chi connectivity index (χ0v) is 4.94. The topological polar surface area (TPSA) is 30.7 Å². The maximum atomic E-state index is 3.82. The third-order valence-electron chi connectivity index (χ3n) is 0.654. The lowest BCUT2D eigenvalue weighted by atomic mass is 11.2. The Bertz CT molecular complexity index is 125. The Morgan fingerprint density at radius 2 is 2.57 bits per heavy atom. The second-order valence-electron chi connectivity index (χ2n) is 1.12. The van der Waals surface area contributed by atoms with Crippen molar-refractivity contribution in [2.75, 3.05) is 0 Å². The van der Waals surface area contributed by atoms with Crippen molar-refractivity contribution >= 4 is 9.24 Å². The quantitative estimate of drug-likeness (QED) is 0.486. The van der Waals surface area contributed by atoms with Crippen molar-refractivity contribution in [3.05, 3.63) is 12.7 Å². The van der Waals surface area contributed by atoms with E-state index in [4.69, 9.17) is 0 Å². The van der Waals surface area contributed by atoms with E-state index in [9.17, 15) is 0 Å². The lowest BCUT2D eigenvalue weighted by molar-refractivity contribution is 0.749. The first kappa shape index (κ1) is 4.72. The molecule has 4 heteroatoms. The average molecular weight is 115 g/mol. The molecule has 0 amide bonds. The van der Waals surface area contributed by atoms with Crippen molar-refractivity contribution in [3.63, 3.8) is 0 Å². The summed E-state index contributed by atoms with van der Waals surface area (Å²) >= 11 is 0. The van der Waals surface area contributed by atoms with Crippen LogP contribution in [0, 0.1) is 0 Å². The van der Waals surface area contributed by atoms with Gasteiger partial charge in [0.05, 0.1) is 6.29 Å². The molecule has 3 nitrogen and oxygen atoms in total. The molecule has 0 aliphatic carbocycles. The molecule has 0 aromatic carbocycles. The first-order valence-corrected chi connectivity index (χ1v) is 2.77. The number of hydrogen-bond donors (Lipinski definition) is 0. The van der Waals surface area contributed by atoms with Crippen LogP contribution >= 0.6 is 9.24 Å². The number of rotatable bonds is 1. The lowest BCUT2D eigenvalue weighted by Crippen LogP contribution is -1.88. The van der Waals surface area contributed by atoms with Gasteiger partial charge in [0.2, 0.25) is 0 Å². The van der Waals surface area contributed by atoms with Crippen LogP contribution in [0.25, 0.3) is 0 Å². The molecule has 0 saturated heterocycles. The normalized spacial score (nSPS) is 9.29. The molecule has 1 atom stereocenters. The van der Waals surface area contributed by atoms with E-state index in [0.29, 0.717) is 0 Å². The van der Waals surface area contributed by atoms with Gasteiger partial charge in [0.25, 0.3) is 0 Å². The molecule has 0 aliphatic rings. The van der Waals surface area contributed by atoms with Crippen molar-refractivity contribution in [2.24, 2.45) is 0 Å². The summed E-state index contributed by atoms with van der Waals surface area (Å²) in [6.07, 6.45) is 4.01. The van der Waals surface area contributed by atoms with Crippen LogP contribution in [0.5, 0.6) is 0 Å². The van der Waals surface area contributed by atoms with Gasteiger partial charge in [-0.25, -0.2) is 9.67 Å². The van der Waals surface area contributed by atoms with Gasteiger partial charge in [-0.05, 0) is 0 Å².